The van der Waals surface area contributed by atoms with Crippen molar-refractivity contribution in [1.29, 1.82) is 0 Å². The van der Waals surface area contributed by atoms with Gasteiger partial charge in [-0.2, -0.15) is 0 Å². The van der Waals surface area contributed by atoms with E-state index in [4.69, 9.17) is 4.74 Å². The van der Waals surface area contributed by atoms with Gasteiger partial charge in [0, 0.05) is 12.1 Å². The maximum absolute atomic E-state index is 13.8. The van der Waals surface area contributed by atoms with Crippen molar-refractivity contribution in [3.8, 4) is 5.75 Å². The van der Waals surface area contributed by atoms with Crippen molar-refractivity contribution in [2.45, 2.75) is 52.1 Å². The lowest BCUT2D eigenvalue weighted by molar-refractivity contribution is -0.142. The number of carbonyl (C=O) groups is 2. The van der Waals surface area contributed by atoms with Gasteiger partial charge in [0.25, 0.3) is 5.91 Å². The highest BCUT2D eigenvalue weighted by Crippen LogP contribution is 2.16. The molecule has 2 aromatic rings. The van der Waals surface area contributed by atoms with Crippen LogP contribution in [0.4, 0.5) is 4.39 Å². The molecular formula is C24H31FN2O3. The van der Waals surface area contributed by atoms with E-state index in [0.717, 1.165) is 5.56 Å². The Hall–Kier alpha value is -2.89. The first kappa shape index (κ1) is 23.4. The fraction of sp³-hybridized carbons (Fsp3) is 0.417. The maximum Gasteiger partial charge on any atom is 0.261 e. The summed E-state index contributed by atoms with van der Waals surface area (Å²) in [6.45, 7) is 7.58. The Balaban J connectivity index is 2.16. The van der Waals surface area contributed by atoms with Crippen molar-refractivity contribution >= 4 is 11.8 Å². The Morgan fingerprint density at radius 1 is 1.07 bits per heavy atom. The van der Waals surface area contributed by atoms with Gasteiger partial charge in [0.15, 0.2) is 18.2 Å². The van der Waals surface area contributed by atoms with E-state index >= 15 is 0 Å². The van der Waals surface area contributed by atoms with Crippen molar-refractivity contribution in [2.24, 2.45) is 0 Å². The molecule has 2 rings (SSSR count). The average molecular weight is 415 g/mol. The quantitative estimate of drug-likeness (QED) is 0.676. The molecule has 0 aromatic heterocycles. The fourth-order valence-electron chi connectivity index (χ4n) is 3.13. The van der Waals surface area contributed by atoms with Crippen LogP contribution in [0.5, 0.6) is 5.75 Å². The summed E-state index contributed by atoms with van der Waals surface area (Å²) < 4.78 is 19.2. The number of rotatable bonds is 9. The van der Waals surface area contributed by atoms with E-state index in [1.807, 2.05) is 58.0 Å². The molecule has 0 unspecified atom stereocenters. The van der Waals surface area contributed by atoms with Gasteiger partial charge in [-0.15, -0.1) is 0 Å². The van der Waals surface area contributed by atoms with Crippen LogP contribution in [0, 0.1) is 5.82 Å². The van der Waals surface area contributed by atoms with E-state index in [2.05, 4.69) is 5.32 Å². The van der Waals surface area contributed by atoms with Crippen LogP contribution in [0.2, 0.25) is 0 Å². The normalized spacial score (nSPS) is 12.2. The van der Waals surface area contributed by atoms with Gasteiger partial charge in [0.05, 0.1) is 0 Å². The number of carbonyl (C=O) groups excluding carboxylic acids is 2. The van der Waals surface area contributed by atoms with Gasteiger partial charge in [-0.05, 0) is 51.3 Å². The highest BCUT2D eigenvalue weighted by atomic mass is 19.1. The summed E-state index contributed by atoms with van der Waals surface area (Å²) in [5.41, 5.74) is 0.652. The van der Waals surface area contributed by atoms with Crippen LogP contribution >= 0.6 is 0 Å². The Bertz CT molecular complexity index is 834. The summed E-state index contributed by atoms with van der Waals surface area (Å²) in [7, 11) is 0. The van der Waals surface area contributed by atoms with Crippen LogP contribution in [-0.4, -0.2) is 41.4 Å². The molecule has 0 saturated heterocycles. The minimum absolute atomic E-state index is 0.0149. The molecule has 0 aliphatic carbocycles. The van der Waals surface area contributed by atoms with Gasteiger partial charge in [-0.1, -0.05) is 49.4 Å². The average Bonchev–Trinajstić information content (AvgIpc) is 2.69. The summed E-state index contributed by atoms with van der Waals surface area (Å²) in [4.78, 5) is 27.4. The lowest BCUT2D eigenvalue weighted by Crippen LogP contribution is -2.54. The molecule has 5 nitrogen and oxygen atoms in total. The van der Waals surface area contributed by atoms with Gasteiger partial charge in [0.1, 0.15) is 6.04 Å². The van der Waals surface area contributed by atoms with Crippen molar-refractivity contribution < 1.29 is 18.7 Å². The number of halogens is 1. The molecule has 2 amide bonds. The zero-order valence-corrected chi connectivity index (χ0v) is 18.2. The molecule has 0 radical (unpaired) electrons. The zero-order valence-electron chi connectivity index (χ0n) is 18.2. The molecule has 2 aromatic carbocycles. The van der Waals surface area contributed by atoms with E-state index in [0.29, 0.717) is 19.4 Å². The molecule has 0 saturated carbocycles. The Morgan fingerprint density at radius 3 is 2.30 bits per heavy atom. The zero-order chi connectivity index (χ0) is 22.1. The number of nitrogens with one attached hydrogen (secondary N) is 1. The molecule has 0 aliphatic heterocycles. The van der Waals surface area contributed by atoms with Gasteiger partial charge < -0.3 is 15.0 Å². The molecular weight excluding hydrogens is 383 g/mol. The number of hydrogen-bond acceptors (Lipinski definition) is 3. The topological polar surface area (TPSA) is 58.6 Å². The van der Waals surface area contributed by atoms with E-state index in [-0.39, 0.29) is 24.2 Å². The second-order valence-electron chi connectivity index (χ2n) is 8.21. The molecule has 1 atom stereocenters. The fourth-order valence-corrected chi connectivity index (χ4v) is 3.13. The van der Waals surface area contributed by atoms with Crippen LogP contribution in [0.3, 0.4) is 0 Å². The number of hydrogen-bond donors (Lipinski definition) is 1. The number of ether oxygens (including phenoxy) is 1. The van der Waals surface area contributed by atoms with Gasteiger partial charge >= 0.3 is 0 Å². The third kappa shape index (κ3) is 7.17. The molecule has 30 heavy (non-hydrogen) atoms. The Morgan fingerprint density at radius 2 is 1.70 bits per heavy atom. The van der Waals surface area contributed by atoms with Crippen LogP contribution in [0.1, 0.15) is 39.7 Å². The summed E-state index contributed by atoms with van der Waals surface area (Å²) in [6.07, 6.45) is 1.06. The van der Waals surface area contributed by atoms with Crippen molar-refractivity contribution in [2.75, 3.05) is 13.2 Å². The molecule has 0 fully saturated rings. The van der Waals surface area contributed by atoms with E-state index in [9.17, 15) is 14.0 Å². The van der Waals surface area contributed by atoms with Crippen molar-refractivity contribution in [1.82, 2.24) is 10.2 Å². The Kier molecular flexibility index (Phi) is 8.39. The highest BCUT2D eigenvalue weighted by molar-refractivity contribution is 5.88. The molecule has 6 heteroatoms. The molecule has 0 aliphatic rings. The second kappa shape index (κ2) is 10.8. The summed E-state index contributed by atoms with van der Waals surface area (Å²) in [5.74, 6) is -1.08. The molecule has 0 bridgehead atoms. The van der Waals surface area contributed by atoms with Gasteiger partial charge in [-0.25, -0.2) is 4.39 Å². The van der Waals surface area contributed by atoms with Crippen LogP contribution in [0.15, 0.2) is 54.6 Å². The molecule has 0 spiro atoms. The number of para-hydroxylation sites is 1. The molecule has 162 valence electrons. The Labute approximate surface area is 178 Å². The van der Waals surface area contributed by atoms with Crippen molar-refractivity contribution in [3.05, 3.63) is 66.0 Å². The minimum atomic E-state index is -0.635. The number of amides is 2. The molecule has 1 N–H and O–H groups in total. The third-order valence-corrected chi connectivity index (χ3v) is 4.56. The van der Waals surface area contributed by atoms with E-state index in [1.165, 1.54) is 17.0 Å². The first-order chi connectivity index (χ1) is 14.2. The van der Waals surface area contributed by atoms with Crippen molar-refractivity contribution in [3.63, 3.8) is 0 Å². The second-order valence-corrected chi connectivity index (χ2v) is 8.21. The minimum Gasteiger partial charge on any atom is -0.481 e. The predicted molar refractivity (Wildman–Crippen MR) is 116 cm³/mol. The highest BCUT2D eigenvalue weighted by Gasteiger charge is 2.30. The summed E-state index contributed by atoms with van der Waals surface area (Å²) in [6, 6.07) is 15.1. The largest absolute Gasteiger partial charge is 0.481 e. The SMILES string of the molecule is CC[C@@H](C(=O)NC(C)(C)C)N(CCc1ccccc1)C(=O)COc1ccccc1F. The maximum atomic E-state index is 13.8. The predicted octanol–water partition coefficient (Wildman–Crippen LogP) is 3.97. The van der Waals surface area contributed by atoms with Gasteiger partial charge in [-0.3, -0.25) is 9.59 Å². The lowest BCUT2D eigenvalue weighted by atomic mass is 10.1. The monoisotopic (exact) mass is 414 g/mol. The smallest absolute Gasteiger partial charge is 0.261 e. The van der Waals surface area contributed by atoms with Crippen LogP contribution in [-0.2, 0) is 16.0 Å². The number of benzene rings is 2. The van der Waals surface area contributed by atoms with Crippen LogP contribution < -0.4 is 10.1 Å². The first-order valence-electron chi connectivity index (χ1n) is 10.2. The summed E-state index contributed by atoms with van der Waals surface area (Å²) in [5, 5.41) is 2.95. The third-order valence-electron chi connectivity index (χ3n) is 4.56. The van der Waals surface area contributed by atoms with E-state index < -0.39 is 17.4 Å². The van der Waals surface area contributed by atoms with Crippen LogP contribution in [0.25, 0.3) is 0 Å². The summed E-state index contributed by atoms with van der Waals surface area (Å²) >= 11 is 0. The lowest BCUT2D eigenvalue weighted by Gasteiger charge is -2.33. The number of nitrogens with zero attached hydrogens (tertiary/aromatic N) is 1. The standard InChI is InChI=1S/C24H31FN2O3/c1-5-20(23(29)26-24(2,3)4)27(16-15-18-11-7-6-8-12-18)22(28)17-30-21-14-10-9-13-19(21)25/h6-14,20H,5,15-17H2,1-4H3,(H,26,29)/t20-/m0/s1. The van der Waals surface area contributed by atoms with E-state index in [1.54, 1.807) is 12.1 Å². The van der Waals surface area contributed by atoms with Gasteiger partial charge in [0.2, 0.25) is 5.91 Å². The first-order valence-corrected chi connectivity index (χ1v) is 10.2. The molecule has 0 heterocycles.